The average molecular weight is 404 g/mol. The zero-order valence-electron chi connectivity index (χ0n) is 15.9. The number of imidazole rings is 1. The van der Waals surface area contributed by atoms with Crippen LogP contribution in [0.5, 0.6) is 0 Å². The third-order valence-electron chi connectivity index (χ3n) is 4.70. The first kappa shape index (κ1) is 18.9. The summed E-state index contributed by atoms with van der Waals surface area (Å²) in [6.45, 7) is 0.379. The number of carbonyl (C=O) groups is 2. The quantitative estimate of drug-likeness (QED) is 0.533. The van der Waals surface area contributed by atoms with Gasteiger partial charge in [0.25, 0.3) is 5.91 Å². The number of nitrogens with one attached hydrogen (secondary N) is 1. The van der Waals surface area contributed by atoms with Crippen molar-refractivity contribution in [2.45, 2.75) is 13.1 Å². The molecule has 146 valence electrons. The van der Waals surface area contributed by atoms with Crippen LogP contribution in [0.15, 0.2) is 72.1 Å². The number of para-hydroxylation sites is 3. The maximum Gasteiger partial charge on any atom is 0.261 e. The molecule has 4 aromatic rings. The summed E-state index contributed by atoms with van der Waals surface area (Å²) in [6, 6.07) is 20.8. The molecule has 0 bridgehead atoms. The minimum atomic E-state index is -0.147. The molecular weight excluding hydrogens is 384 g/mol. The smallest absolute Gasteiger partial charge is 0.261 e. The van der Waals surface area contributed by atoms with Crippen molar-refractivity contribution in [1.29, 1.82) is 0 Å². The maximum absolute atomic E-state index is 12.9. The number of aromatic nitrogens is 2. The fourth-order valence-electron chi connectivity index (χ4n) is 3.13. The molecule has 0 saturated heterocycles. The fraction of sp³-hybridized carbons (Fsp3) is 0.136. The van der Waals surface area contributed by atoms with Crippen molar-refractivity contribution in [2.24, 2.45) is 0 Å². The Balaban J connectivity index is 1.58. The van der Waals surface area contributed by atoms with Gasteiger partial charge in [-0.2, -0.15) is 0 Å². The predicted molar refractivity (Wildman–Crippen MR) is 115 cm³/mol. The van der Waals surface area contributed by atoms with Crippen LogP contribution >= 0.6 is 11.3 Å². The summed E-state index contributed by atoms with van der Waals surface area (Å²) in [5.41, 5.74) is 2.49. The summed E-state index contributed by atoms with van der Waals surface area (Å²) in [5.74, 6) is 0.433. The van der Waals surface area contributed by atoms with Crippen LogP contribution in [-0.2, 0) is 17.9 Å². The highest BCUT2D eigenvalue weighted by Crippen LogP contribution is 2.18. The molecule has 0 aliphatic heterocycles. The van der Waals surface area contributed by atoms with Gasteiger partial charge in [0, 0.05) is 12.7 Å². The van der Waals surface area contributed by atoms with Crippen LogP contribution < -0.4 is 10.2 Å². The number of anilines is 1. The molecule has 0 aliphatic carbocycles. The van der Waals surface area contributed by atoms with E-state index in [0.29, 0.717) is 10.7 Å². The zero-order chi connectivity index (χ0) is 20.2. The first-order valence-corrected chi connectivity index (χ1v) is 10.1. The van der Waals surface area contributed by atoms with E-state index in [-0.39, 0.29) is 24.9 Å². The van der Waals surface area contributed by atoms with E-state index in [0.717, 1.165) is 16.7 Å². The molecule has 0 aliphatic rings. The molecular formula is C22H20N4O2S. The van der Waals surface area contributed by atoms with Gasteiger partial charge in [0.2, 0.25) is 5.91 Å². The summed E-state index contributed by atoms with van der Waals surface area (Å²) in [4.78, 5) is 32.1. The highest BCUT2D eigenvalue weighted by atomic mass is 32.1. The SMILES string of the molecule is CN(C(=O)Cn1c(CNC(=O)c2cccs2)nc2ccccc21)c1ccccc1. The summed E-state index contributed by atoms with van der Waals surface area (Å²) in [5, 5.41) is 4.76. The Bertz CT molecular complexity index is 1140. The Morgan fingerprint density at radius 1 is 1.03 bits per heavy atom. The van der Waals surface area contributed by atoms with Crippen molar-refractivity contribution >= 4 is 39.9 Å². The topological polar surface area (TPSA) is 67.2 Å². The molecule has 6 nitrogen and oxygen atoms in total. The minimum absolute atomic E-state index is 0.0646. The second kappa shape index (κ2) is 8.28. The van der Waals surface area contributed by atoms with Crippen LogP contribution in [0.2, 0.25) is 0 Å². The van der Waals surface area contributed by atoms with Gasteiger partial charge in [0.1, 0.15) is 12.4 Å². The third kappa shape index (κ3) is 4.05. The Morgan fingerprint density at radius 3 is 2.55 bits per heavy atom. The van der Waals surface area contributed by atoms with Crippen LogP contribution in [0, 0.1) is 0 Å². The van der Waals surface area contributed by atoms with E-state index in [2.05, 4.69) is 10.3 Å². The normalized spacial score (nSPS) is 10.8. The lowest BCUT2D eigenvalue weighted by Crippen LogP contribution is -2.31. The van der Waals surface area contributed by atoms with E-state index < -0.39 is 0 Å². The second-order valence-corrected chi connectivity index (χ2v) is 7.50. The molecule has 0 atom stereocenters. The van der Waals surface area contributed by atoms with E-state index in [1.54, 1.807) is 18.0 Å². The number of hydrogen-bond donors (Lipinski definition) is 1. The lowest BCUT2D eigenvalue weighted by Gasteiger charge is -2.18. The predicted octanol–water partition coefficient (Wildman–Crippen LogP) is 3.69. The number of fused-ring (bicyclic) bond motifs is 1. The van der Waals surface area contributed by atoms with Gasteiger partial charge in [-0.1, -0.05) is 36.4 Å². The molecule has 1 N–H and O–H groups in total. The number of hydrogen-bond acceptors (Lipinski definition) is 4. The molecule has 0 spiro atoms. The van der Waals surface area contributed by atoms with Crippen LogP contribution in [0.25, 0.3) is 11.0 Å². The Labute approximate surface area is 172 Å². The molecule has 7 heteroatoms. The Kier molecular flexibility index (Phi) is 5.39. The first-order chi connectivity index (χ1) is 14.1. The highest BCUT2D eigenvalue weighted by molar-refractivity contribution is 7.12. The molecule has 2 aromatic heterocycles. The van der Waals surface area contributed by atoms with Gasteiger partial charge in [0.05, 0.1) is 22.5 Å². The van der Waals surface area contributed by atoms with Crippen molar-refractivity contribution in [1.82, 2.24) is 14.9 Å². The minimum Gasteiger partial charge on any atom is -0.344 e. The number of nitrogens with zero attached hydrogens (tertiary/aromatic N) is 3. The zero-order valence-corrected chi connectivity index (χ0v) is 16.7. The molecule has 0 unspecified atom stereocenters. The second-order valence-electron chi connectivity index (χ2n) is 6.55. The lowest BCUT2D eigenvalue weighted by molar-refractivity contribution is -0.118. The van der Waals surface area contributed by atoms with Gasteiger partial charge >= 0.3 is 0 Å². The van der Waals surface area contributed by atoms with Gasteiger partial charge in [-0.25, -0.2) is 4.98 Å². The molecule has 0 fully saturated rings. The molecule has 2 heterocycles. The number of amides is 2. The first-order valence-electron chi connectivity index (χ1n) is 9.21. The molecule has 2 amide bonds. The largest absolute Gasteiger partial charge is 0.344 e. The van der Waals surface area contributed by atoms with Crippen LogP contribution in [-0.4, -0.2) is 28.4 Å². The molecule has 2 aromatic carbocycles. The number of likely N-dealkylation sites (N-methyl/N-ethyl adjacent to an activating group) is 1. The molecule has 0 saturated carbocycles. The Morgan fingerprint density at radius 2 is 1.79 bits per heavy atom. The van der Waals surface area contributed by atoms with E-state index in [1.807, 2.05) is 70.6 Å². The standard InChI is InChI=1S/C22H20N4O2S/c1-25(16-8-3-2-4-9-16)21(27)15-26-18-11-6-5-10-17(18)24-20(26)14-23-22(28)19-12-7-13-29-19/h2-13H,14-15H2,1H3,(H,23,28). The van der Waals surface area contributed by atoms with Crippen molar-refractivity contribution in [3.8, 4) is 0 Å². The molecule has 29 heavy (non-hydrogen) atoms. The van der Waals surface area contributed by atoms with Gasteiger partial charge in [-0.3, -0.25) is 9.59 Å². The number of benzene rings is 2. The van der Waals surface area contributed by atoms with E-state index >= 15 is 0 Å². The van der Waals surface area contributed by atoms with Crippen LogP contribution in [0.3, 0.4) is 0 Å². The van der Waals surface area contributed by atoms with Crippen molar-refractivity contribution in [3.63, 3.8) is 0 Å². The molecule has 4 rings (SSSR count). The summed E-state index contributed by atoms with van der Waals surface area (Å²) >= 11 is 1.39. The average Bonchev–Trinajstić information content (AvgIpc) is 3.41. The monoisotopic (exact) mass is 404 g/mol. The summed E-state index contributed by atoms with van der Waals surface area (Å²) in [7, 11) is 1.76. The highest BCUT2D eigenvalue weighted by Gasteiger charge is 2.18. The number of thiophene rings is 1. The van der Waals surface area contributed by atoms with Gasteiger partial charge < -0.3 is 14.8 Å². The number of rotatable bonds is 6. The van der Waals surface area contributed by atoms with E-state index in [9.17, 15) is 9.59 Å². The lowest BCUT2D eigenvalue weighted by atomic mass is 10.3. The van der Waals surface area contributed by atoms with Gasteiger partial charge in [0.15, 0.2) is 0 Å². The van der Waals surface area contributed by atoms with Gasteiger partial charge in [-0.15, -0.1) is 11.3 Å². The summed E-state index contributed by atoms with van der Waals surface area (Å²) < 4.78 is 1.87. The van der Waals surface area contributed by atoms with Crippen molar-refractivity contribution < 1.29 is 9.59 Å². The van der Waals surface area contributed by atoms with Crippen molar-refractivity contribution in [2.75, 3.05) is 11.9 Å². The summed E-state index contributed by atoms with van der Waals surface area (Å²) in [6.07, 6.45) is 0. The maximum atomic E-state index is 12.9. The fourth-order valence-corrected chi connectivity index (χ4v) is 3.77. The van der Waals surface area contributed by atoms with Crippen molar-refractivity contribution in [3.05, 3.63) is 82.8 Å². The number of carbonyl (C=O) groups excluding carboxylic acids is 2. The van der Waals surface area contributed by atoms with Crippen LogP contribution in [0.1, 0.15) is 15.5 Å². The van der Waals surface area contributed by atoms with E-state index in [1.165, 1.54) is 11.3 Å². The Hall–Kier alpha value is -3.45. The third-order valence-corrected chi connectivity index (χ3v) is 5.57. The van der Waals surface area contributed by atoms with Crippen LogP contribution in [0.4, 0.5) is 5.69 Å². The van der Waals surface area contributed by atoms with E-state index in [4.69, 9.17) is 0 Å². The van der Waals surface area contributed by atoms with Gasteiger partial charge in [-0.05, 0) is 35.7 Å². The molecule has 0 radical (unpaired) electrons.